The van der Waals surface area contributed by atoms with Crippen LogP contribution in [-0.4, -0.2) is 9.97 Å². The molecule has 0 fully saturated rings. The van der Waals surface area contributed by atoms with Crippen molar-refractivity contribution >= 4 is 43.6 Å². The number of hydrogen-bond donors (Lipinski definition) is 2. The van der Waals surface area contributed by atoms with Crippen LogP contribution in [0.3, 0.4) is 0 Å². The zero-order valence-electron chi connectivity index (χ0n) is 22.9. The number of aromatic amines is 2. The van der Waals surface area contributed by atoms with Gasteiger partial charge in [0.2, 0.25) is 0 Å². The van der Waals surface area contributed by atoms with Crippen molar-refractivity contribution in [1.29, 1.82) is 0 Å². The summed E-state index contributed by atoms with van der Waals surface area (Å²) < 4.78 is 0. The molecule has 210 valence electrons. The molecule has 2 nitrogen and oxygen atoms in total. The van der Waals surface area contributed by atoms with Crippen molar-refractivity contribution in [2.75, 3.05) is 0 Å². The highest BCUT2D eigenvalue weighted by atomic mass is 14.7. The Morgan fingerprint density at radius 3 is 1.51 bits per heavy atom. The lowest BCUT2D eigenvalue weighted by Gasteiger charge is -2.02. The largest absolute Gasteiger partial charge is 0.354 e. The molecule has 6 aromatic carbocycles. The molecule has 0 unspecified atom stereocenters. The molecule has 0 amide bonds. The summed E-state index contributed by atoms with van der Waals surface area (Å²) in [6.45, 7) is 2.17. The Bertz CT molecular complexity index is 2330. The smallest absolute Gasteiger partial charge is 0.0471 e. The average Bonchev–Trinajstić information content (AvgIpc) is 3.74. The third kappa shape index (κ3) is 4.09. The third-order valence-corrected chi connectivity index (χ3v) is 9.08. The first-order valence-electron chi connectivity index (χ1n) is 14.4. The second-order valence-electron chi connectivity index (χ2n) is 11.6. The van der Waals surface area contributed by atoms with Crippen LogP contribution in [0.1, 0.15) is 42.7 Å². The molecule has 2 aromatic heterocycles. The Morgan fingerprint density at radius 1 is 0.395 bits per heavy atom. The molecular formula is C41H36N2. The number of para-hydroxylation sites is 2. The lowest BCUT2D eigenvalue weighted by molar-refractivity contribution is 1.25. The standard InChI is InChI=1S/C20H15N.C19H13N.2CH4/c1-12-6-7-15-13(8-12)9-14-10-18-16-4-2-3-5-19(16)21-20(18)11-17(14)15;1-2-6-14-12(5-1)9-13-10-17-15-7-3-4-8-18(15)20-19(17)11-16(13)14;;/h2-8,10-11,21H,9H2,1H3;1-8,10-11,20H,9H2;2*1H4. The first-order valence-corrected chi connectivity index (χ1v) is 14.4. The molecule has 2 heteroatoms. The highest BCUT2D eigenvalue weighted by Gasteiger charge is 2.21. The number of rotatable bonds is 0. The van der Waals surface area contributed by atoms with E-state index in [0.29, 0.717) is 0 Å². The van der Waals surface area contributed by atoms with Gasteiger partial charge >= 0.3 is 0 Å². The van der Waals surface area contributed by atoms with Crippen LogP contribution >= 0.6 is 0 Å². The lowest BCUT2D eigenvalue weighted by atomic mass is 10.0. The number of fused-ring (bicyclic) bond motifs is 12. The molecular weight excluding hydrogens is 520 g/mol. The molecule has 2 N–H and O–H groups in total. The Kier molecular flexibility index (Phi) is 6.25. The molecule has 0 atom stereocenters. The summed E-state index contributed by atoms with van der Waals surface area (Å²) in [5, 5.41) is 5.32. The maximum Gasteiger partial charge on any atom is 0.0471 e. The second kappa shape index (κ2) is 10.0. The van der Waals surface area contributed by atoms with Crippen LogP contribution in [0.25, 0.3) is 65.9 Å². The third-order valence-electron chi connectivity index (χ3n) is 9.08. The predicted octanol–water partition coefficient (Wildman–Crippen LogP) is 11.4. The summed E-state index contributed by atoms with van der Waals surface area (Å²) in [5.41, 5.74) is 17.6. The minimum Gasteiger partial charge on any atom is -0.354 e. The molecule has 0 spiro atoms. The second-order valence-corrected chi connectivity index (χ2v) is 11.6. The van der Waals surface area contributed by atoms with E-state index in [1.54, 1.807) is 0 Å². The van der Waals surface area contributed by atoms with Gasteiger partial charge in [-0.15, -0.1) is 0 Å². The van der Waals surface area contributed by atoms with Gasteiger partial charge in [0.05, 0.1) is 0 Å². The van der Waals surface area contributed by atoms with E-state index < -0.39 is 0 Å². The van der Waals surface area contributed by atoms with Gasteiger partial charge in [0.1, 0.15) is 0 Å². The van der Waals surface area contributed by atoms with Crippen molar-refractivity contribution in [3.05, 3.63) is 143 Å². The summed E-state index contributed by atoms with van der Waals surface area (Å²) in [7, 11) is 0. The molecule has 10 rings (SSSR count). The number of benzene rings is 6. The number of aryl methyl sites for hydroxylation is 1. The van der Waals surface area contributed by atoms with Crippen molar-refractivity contribution in [2.24, 2.45) is 0 Å². The highest BCUT2D eigenvalue weighted by molar-refractivity contribution is 6.10. The average molecular weight is 557 g/mol. The molecule has 0 saturated heterocycles. The fraction of sp³-hybridized carbons (Fsp3) is 0.122. The van der Waals surface area contributed by atoms with Gasteiger partial charge in [0.15, 0.2) is 0 Å². The SMILES string of the molecule is C.C.Cc1ccc2c(c1)Cc1cc3c(cc1-2)[nH]c1ccccc13.c1ccc2c(c1)Cc1cc3c(cc1-2)[nH]c1ccccc13. The molecule has 2 aliphatic rings. The molecule has 0 saturated carbocycles. The normalized spacial score (nSPS) is 12.2. The van der Waals surface area contributed by atoms with Crippen molar-refractivity contribution in [3.63, 3.8) is 0 Å². The zero-order chi connectivity index (χ0) is 27.1. The topological polar surface area (TPSA) is 31.6 Å². The van der Waals surface area contributed by atoms with E-state index >= 15 is 0 Å². The van der Waals surface area contributed by atoms with E-state index in [0.717, 1.165) is 12.8 Å². The van der Waals surface area contributed by atoms with Gasteiger partial charge < -0.3 is 9.97 Å². The van der Waals surface area contributed by atoms with E-state index in [4.69, 9.17) is 0 Å². The first kappa shape index (κ1) is 26.8. The lowest BCUT2D eigenvalue weighted by Crippen LogP contribution is -1.81. The number of H-pyrrole nitrogens is 2. The quantitative estimate of drug-likeness (QED) is 0.186. The van der Waals surface area contributed by atoms with Crippen LogP contribution in [0.5, 0.6) is 0 Å². The van der Waals surface area contributed by atoms with Gasteiger partial charge in [0.25, 0.3) is 0 Å². The van der Waals surface area contributed by atoms with Crippen LogP contribution in [0.15, 0.2) is 115 Å². The minimum absolute atomic E-state index is 0. The van der Waals surface area contributed by atoms with Gasteiger partial charge in [0, 0.05) is 43.6 Å². The van der Waals surface area contributed by atoms with E-state index in [1.807, 2.05) is 0 Å². The van der Waals surface area contributed by atoms with Crippen molar-refractivity contribution in [1.82, 2.24) is 9.97 Å². The molecule has 0 aliphatic heterocycles. The van der Waals surface area contributed by atoms with Crippen LogP contribution in [-0.2, 0) is 12.8 Å². The Morgan fingerprint density at radius 2 is 0.884 bits per heavy atom. The van der Waals surface area contributed by atoms with E-state index in [1.165, 1.54) is 93.7 Å². The summed E-state index contributed by atoms with van der Waals surface area (Å²) in [6, 6.07) is 42.0. The molecule has 2 aliphatic carbocycles. The van der Waals surface area contributed by atoms with Crippen molar-refractivity contribution < 1.29 is 0 Å². The van der Waals surface area contributed by atoms with Crippen LogP contribution in [0, 0.1) is 6.92 Å². The monoisotopic (exact) mass is 556 g/mol. The maximum atomic E-state index is 3.55. The van der Waals surface area contributed by atoms with Crippen LogP contribution < -0.4 is 0 Å². The summed E-state index contributed by atoms with van der Waals surface area (Å²) in [4.78, 5) is 7.09. The van der Waals surface area contributed by atoms with Gasteiger partial charge in [-0.3, -0.25) is 0 Å². The van der Waals surface area contributed by atoms with E-state index in [9.17, 15) is 0 Å². The van der Waals surface area contributed by atoms with Crippen LogP contribution in [0.2, 0.25) is 0 Å². The molecule has 43 heavy (non-hydrogen) atoms. The highest BCUT2D eigenvalue weighted by Crippen LogP contribution is 2.41. The number of aromatic nitrogens is 2. The van der Waals surface area contributed by atoms with E-state index in [-0.39, 0.29) is 14.9 Å². The van der Waals surface area contributed by atoms with Gasteiger partial charge in [-0.25, -0.2) is 0 Å². The van der Waals surface area contributed by atoms with Crippen molar-refractivity contribution in [2.45, 2.75) is 34.6 Å². The first-order chi connectivity index (χ1) is 20.2. The fourth-order valence-corrected chi connectivity index (χ4v) is 7.16. The molecule has 8 aromatic rings. The summed E-state index contributed by atoms with van der Waals surface area (Å²) in [6.07, 6.45) is 2.11. The van der Waals surface area contributed by atoms with Crippen molar-refractivity contribution in [3.8, 4) is 22.3 Å². The number of hydrogen-bond acceptors (Lipinski definition) is 0. The fourth-order valence-electron chi connectivity index (χ4n) is 7.16. The molecule has 0 bridgehead atoms. The number of nitrogens with one attached hydrogen (secondary N) is 2. The van der Waals surface area contributed by atoms with Crippen LogP contribution in [0.4, 0.5) is 0 Å². The Labute approximate surface area is 253 Å². The minimum atomic E-state index is 0. The zero-order valence-corrected chi connectivity index (χ0v) is 22.9. The summed E-state index contributed by atoms with van der Waals surface area (Å²) >= 11 is 0. The molecule has 2 heterocycles. The Hall–Kier alpha value is -5.08. The van der Waals surface area contributed by atoms with Gasteiger partial charge in [-0.05, 0) is 101 Å². The predicted molar refractivity (Wildman–Crippen MR) is 186 cm³/mol. The maximum absolute atomic E-state index is 3.55. The molecule has 0 radical (unpaired) electrons. The summed E-state index contributed by atoms with van der Waals surface area (Å²) in [5.74, 6) is 0. The van der Waals surface area contributed by atoms with E-state index in [2.05, 4.69) is 132 Å². The van der Waals surface area contributed by atoms with Gasteiger partial charge in [-0.1, -0.05) is 99.3 Å². The van der Waals surface area contributed by atoms with Gasteiger partial charge in [-0.2, -0.15) is 0 Å². The Balaban J connectivity index is 0.000000134.